The molecule has 0 saturated carbocycles. The Morgan fingerprint density at radius 3 is 2.71 bits per heavy atom. The molecule has 17 heavy (non-hydrogen) atoms. The van der Waals surface area contributed by atoms with Crippen molar-refractivity contribution >= 4 is 17.3 Å². The van der Waals surface area contributed by atoms with Gasteiger partial charge in [-0.1, -0.05) is 17.7 Å². The first-order chi connectivity index (χ1) is 8.08. The van der Waals surface area contributed by atoms with Crippen molar-refractivity contribution in [1.82, 2.24) is 4.98 Å². The Kier molecular flexibility index (Phi) is 3.26. The van der Waals surface area contributed by atoms with Crippen molar-refractivity contribution in [2.45, 2.75) is 6.10 Å². The maximum Gasteiger partial charge on any atom is 0.131 e. The monoisotopic (exact) mass is 252 g/mol. The fourth-order valence-electron chi connectivity index (χ4n) is 1.53. The lowest BCUT2D eigenvalue weighted by Gasteiger charge is -2.12. The van der Waals surface area contributed by atoms with E-state index in [1.165, 1.54) is 30.5 Å². The third kappa shape index (κ3) is 2.54. The van der Waals surface area contributed by atoms with Crippen LogP contribution in [0.3, 0.4) is 0 Å². The lowest BCUT2D eigenvalue weighted by Crippen LogP contribution is -2.03. The predicted octanol–water partition coefficient (Wildman–Crippen LogP) is 2.54. The molecule has 88 valence electrons. The second-order valence-corrected chi connectivity index (χ2v) is 3.98. The Morgan fingerprint density at radius 2 is 2.06 bits per heavy atom. The maximum atomic E-state index is 13.6. The van der Waals surface area contributed by atoms with Crippen LogP contribution in [0.25, 0.3) is 0 Å². The number of rotatable bonds is 2. The molecule has 5 heteroatoms. The second kappa shape index (κ2) is 4.69. The first kappa shape index (κ1) is 11.8. The number of nitrogen functional groups attached to an aromatic ring is 1. The van der Waals surface area contributed by atoms with Crippen molar-refractivity contribution in [3.05, 3.63) is 58.6 Å². The van der Waals surface area contributed by atoms with Crippen LogP contribution in [0.5, 0.6) is 0 Å². The fourth-order valence-corrected chi connectivity index (χ4v) is 1.71. The van der Waals surface area contributed by atoms with Crippen molar-refractivity contribution < 1.29 is 9.50 Å². The van der Waals surface area contributed by atoms with Crippen LogP contribution in [0, 0.1) is 5.82 Å². The summed E-state index contributed by atoms with van der Waals surface area (Å²) in [5, 5.41) is 10.3. The van der Waals surface area contributed by atoms with E-state index in [1.54, 1.807) is 6.07 Å². The van der Waals surface area contributed by atoms with E-state index in [2.05, 4.69) is 4.98 Å². The number of aliphatic hydroxyl groups excluding tert-OH is 1. The number of aliphatic hydroxyl groups is 1. The van der Waals surface area contributed by atoms with Gasteiger partial charge in [0.2, 0.25) is 0 Å². The van der Waals surface area contributed by atoms with Gasteiger partial charge in [-0.25, -0.2) is 9.37 Å². The predicted molar refractivity (Wildman–Crippen MR) is 64.1 cm³/mol. The van der Waals surface area contributed by atoms with Crippen molar-refractivity contribution in [3.8, 4) is 0 Å². The highest BCUT2D eigenvalue weighted by Gasteiger charge is 2.15. The molecular weight excluding hydrogens is 243 g/mol. The van der Waals surface area contributed by atoms with Crippen molar-refractivity contribution in [1.29, 1.82) is 0 Å². The zero-order valence-electron chi connectivity index (χ0n) is 8.77. The van der Waals surface area contributed by atoms with Crippen LogP contribution >= 0.6 is 11.6 Å². The summed E-state index contributed by atoms with van der Waals surface area (Å²) in [5.41, 5.74) is 6.38. The minimum Gasteiger partial charge on any atom is -0.399 e. The molecule has 2 aromatic rings. The highest BCUT2D eigenvalue weighted by atomic mass is 35.5. The largest absolute Gasteiger partial charge is 0.399 e. The van der Waals surface area contributed by atoms with Crippen LogP contribution in [-0.2, 0) is 0 Å². The molecule has 0 radical (unpaired) electrons. The SMILES string of the molecule is Nc1ccc(C(O)c2ccnc(Cl)c2)c(F)c1. The summed E-state index contributed by atoms with van der Waals surface area (Å²) in [6.45, 7) is 0. The van der Waals surface area contributed by atoms with Gasteiger partial charge in [-0.05, 0) is 29.8 Å². The number of hydrogen-bond donors (Lipinski definition) is 2. The van der Waals surface area contributed by atoms with Gasteiger partial charge in [0, 0.05) is 17.4 Å². The third-order valence-electron chi connectivity index (χ3n) is 2.39. The first-order valence-electron chi connectivity index (χ1n) is 4.92. The average Bonchev–Trinajstić information content (AvgIpc) is 2.28. The molecule has 3 N–H and O–H groups in total. The Balaban J connectivity index is 2.40. The quantitative estimate of drug-likeness (QED) is 0.638. The van der Waals surface area contributed by atoms with E-state index >= 15 is 0 Å². The van der Waals surface area contributed by atoms with Gasteiger partial charge in [-0.15, -0.1) is 0 Å². The van der Waals surface area contributed by atoms with Crippen molar-refractivity contribution in [3.63, 3.8) is 0 Å². The minimum absolute atomic E-state index is 0.154. The lowest BCUT2D eigenvalue weighted by molar-refractivity contribution is 0.215. The summed E-state index contributed by atoms with van der Waals surface area (Å²) in [6.07, 6.45) is 0.368. The number of nitrogens with two attached hydrogens (primary N) is 1. The lowest BCUT2D eigenvalue weighted by atomic mass is 10.0. The van der Waals surface area contributed by atoms with Crippen LogP contribution in [0.15, 0.2) is 36.5 Å². The molecule has 0 amide bonds. The van der Waals surface area contributed by atoms with Gasteiger partial charge < -0.3 is 10.8 Å². The van der Waals surface area contributed by atoms with Crippen molar-refractivity contribution in [2.24, 2.45) is 0 Å². The smallest absolute Gasteiger partial charge is 0.131 e. The third-order valence-corrected chi connectivity index (χ3v) is 2.59. The molecule has 3 nitrogen and oxygen atoms in total. The first-order valence-corrected chi connectivity index (χ1v) is 5.30. The van der Waals surface area contributed by atoms with Gasteiger partial charge in [-0.2, -0.15) is 0 Å². The molecule has 1 atom stereocenters. The van der Waals surface area contributed by atoms with E-state index < -0.39 is 11.9 Å². The van der Waals surface area contributed by atoms with E-state index in [4.69, 9.17) is 17.3 Å². The number of benzene rings is 1. The normalized spacial score (nSPS) is 12.4. The van der Waals surface area contributed by atoms with E-state index in [-0.39, 0.29) is 10.7 Å². The van der Waals surface area contributed by atoms with Crippen LogP contribution in [0.4, 0.5) is 10.1 Å². The number of anilines is 1. The van der Waals surface area contributed by atoms with Gasteiger partial charge in [0.25, 0.3) is 0 Å². The maximum absolute atomic E-state index is 13.6. The number of halogens is 2. The number of hydrogen-bond acceptors (Lipinski definition) is 3. The van der Waals surface area contributed by atoms with Crippen LogP contribution in [0.2, 0.25) is 5.15 Å². The zero-order valence-corrected chi connectivity index (χ0v) is 9.53. The Labute approximate surface area is 103 Å². The van der Waals surface area contributed by atoms with E-state index in [9.17, 15) is 9.50 Å². The fraction of sp³-hybridized carbons (Fsp3) is 0.0833. The van der Waals surface area contributed by atoms with Crippen LogP contribution in [0.1, 0.15) is 17.2 Å². The van der Waals surface area contributed by atoms with Gasteiger partial charge in [0.15, 0.2) is 0 Å². The molecule has 0 saturated heterocycles. The number of pyridine rings is 1. The molecule has 0 spiro atoms. The topological polar surface area (TPSA) is 59.1 Å². The molecule has 1 heterocycles. The highest BCUT2D eigenvalue weighted by Crippen LogP contribution is 2.26. The summed E-state index contributed by atoms with van der Waals surface area (Å²) >= 11 is 5.71. The standard InChI is InChI=1S/C12H10ClFN2O/c13-11-5-7(3-4-16-11)12(17)9-2-1-8(15)6-10(9)14/h1-6,12,17H,15H2. The van der Waals surface area contributed by atoms with E-state index in [0.717, 1.165) is 0 Å². The zero-order chi connectivity index (χ0) is 12.4. The van der Waals surface area contributed by atoms with Gasteiger partial charge in [-0.3, -0.25) is 0 Å². The molecule has 1 aromatic heterocycles. The molecule has 1 aromatic carbocycles. The number of aromatic nitrogens is 1. The summed E-state index contributed by atoms with van der Waals surface area (Å²) in [6, 6.07) is 7.21. The second-order valence-electron chi connectivity index (χ2n) is 3.60. The Hall–Kier alpha value is -1.65. The van der Waals surface area contributed by atoms with Gasteiger partial charge in [0.05, 0.1) is 0 Å². The van der Waals surface area contributed by atoms with E-state index in [0.29, 0.717) is 11.3 Å². The number of nitrogens with zero attached hydrogens (tertiary/aromatic N) is 1. The molecule has 0 bridgehead atoms. The van der Waals surface area contributed by atoms with Crippen molar-refractivity contribution in [2.75, 3.05) is 5.73 Å². The van der Waals surface area contributed by atoms with Crippen LogP contribution < -0.4 is 5.73 Å². The molecule has 0 aliphatic rings. The Bertz CT molecular complexity index is 548. The summed E-state index contributed by atoms with van der Waals surface area (Å²) in [5.74, 6) is -0.551. The summed E-state index contributed by atoms with van der Waals surface area (Å²) in [7, 11) is 0. The molecule has 2 rings (SSSR count). The molecular formula is C12H10ClFN2O. The average molecular weight is 253 g/mol. The van der Waals surface area contributed by atoms with Gasteiger partial charge >= 0.3 is 0 Å². The molecule has 0 aliphatic carbocycles. The summed E-state index contributed by atoms with van der Waals surface area (Å²) < 4.78 is 13.6. The molecule has 0 fully saturated rings. The Morgan fingerprint density at radius 1 is 1.29 bits per heavy atom. The van der Waals surface area contributed by atoms with Crippen LogP contribution in [-0.4, -0.2) is 10.1 Å². The highest BCUT2D eigenvalue weighted by molar-refractivity contribution is 6.29. The summed E-state index contributed by atoms with van der Waals surface area (Å²) in [4.78, 5) is 3.79. The van der Waals surface area contributed by atoms with E-state index in [1.807, 2.05) is 0 Å². The molecule has 1 unspecified atom stereocenters. The molecule has 0 aliphatic heterocycles. The minimum atomic E-state index is -1.09. The van der Waals surface area contributed by atoms with Gasteiger partial charge in [0.1, 0.15) is 17.1 Å².